The summed E-state index contributed by atoms with van der Waals surface area (Å²) in [5, 5.41) is 5.62. The second kappa shape index (κ2) is 5.13. The summed E-state index contributed by atoms with van der Waals surface area (Å²) in [5.74, 6) is 0. The zero-order chi connectivity index (χ0) is 11.5. The molecule has 0 saturated carbocycles. The van der Waals surface area contributed by atoms with Crippen LogP contribution in [0.15, 0.2) is 11.4 Å². The lowest BCUT2D eigenvalue weighted by Gasteiger charge is -2.30. The second-order valence-electron chi connectivity index (χ2n) is 5.27. The van der Waals surface area contributed by atoms with Crippen LogP contribution in [0.5, 0.6) is 0 Å². The quantitative estimate of drug-likeness (QED) is 0.825. The van der Waals surface area contributed by atoms with E-state index in [1.54, 1.807) is 4.88 Å². The van der Waals surface area contributed by atoms with E-state index in [9.17, 15) is 0 Å². The molecule has 0 aliphatic rings. The molecule has 1 rings (SSSR count). The van der Waals surface area contributed by atoms with Crippen LogP contribution >= 0.6 is 11.3 Å². The Balaban J connectivity index is 2.52. The van der Waals surface area contributed by atoms with Gasteiger partial charge in [0.25, 0.3) is 0 Å². The average Bonchev–Trinajstić information content (AvgIpc) is 2.50. The highest BCUT2D eigenvalue weighted by Crippen LogP contribution is 2.25. The summed E-state index contributed by atoms with van der Waals surface area (Å²) in [4.78, 5) is 1.54. The average molecular weight is 225 g/mol. The predicted octanol–water partition coefficient (Wildman–Crippen LogP) is 3.62. The van der Waals surface area contributed by atoms with Crippen molar-refractivity contribution in [3.63, 3.8) is 0 Å². The highest BCUT2D eigenvalue weighted by atomic mass is 32.1. The van der Waals surface area contributed by atoms with Gasteiger partial charge < -0.3 is 5.32 Å². The molecule has 1 heterocycles. The van der Waals surface area contributed by atoms with E-state index in [2.05, 4.69) is 51.5 Å². The van der Waals surface area contributed by atoms with Gasteiger partial charge in [-0.05, 0) is 49.2 Å². The van der Waals surface area contributed by atoms with Gasteiger partial charge in [0, 0.05) is 10.9 Å². The number of hydrogen-bond donors (Lipinski definition) is 1. The minimum atomic E-state index is 0.347. The molecule has 0 bridgehead atoms. The zero-order valence-electron chi connectivity index (χ0n) is 10.6. The van der Waals surface area contributed by atoms with Crippen molar-refractivity contribution >= 4 is 11.3 Å². The molecule has 0 amide bonds. The van der Waals surface area contributed by atoms with Crippen LogP contribution in [0.2, 0.25) is 0 Å². The molecule has 0 fully saturated rings. The predicted molar refractivity (Wildman–Crippen MR) is 69.7 cm³/mol. The third-order valence-electron chi connectivity index (χ3n) is 3.02. The molecule has 1 aromatic heterocycles. The van der Waals surface area contributed by atoms with Crippen molar-refractivity contribution in [2.45, 2.75) is 46.6 Å². The summed E-state index contributed by atoms with van der Waals surface area (Å²) in [5.41, 5.74) is 1.80. The van der Waals surface area contributed by atoms with E-state index < -0.39 is 0 Å². The fourth-order valence-electron chi connectivity index (χ4n) is 1.95. The summed E-state index contributed by atoms with van der Waals surface area (Å²) in [7, 11) is 2.07. The fraction of sp³-hybridized carbons (Fsp3) is 0.692. The van der Waals surface area contributed by atoms with Gasteiger partial charge in [-0.15, -0.1) is 11.3 Å². The summed E-state index contributed by atoms with van der Waals surface area (Å²) in [6.45, 7) is 9.11. The Labute approximate surface area is 97.9 Å². The molecule has 1 N–H and O–H groups in total. The number of rotatable bonds is 4. The fourth-order valence-corrected chi connectivity index (χ4v) is 2.87. The van der Waals surface area contributed by atoms with Crippen LogP contribution in [-0.4, -0.2) is 13.1 Å². The van der Waals surface area contributed by atoms with Crippen LogP contribution in [0.25, 0.3) is 0 Å². The highest BCUT2D eigenvalue weighted by molar-refractivity contribution is 7.10. The largest absolute Gasteiger partial charge is 0.316 e. The van der Waals surface area contributed by atoms with Crippen molar-refractivity contribution in [1.29, 1.82) is 0 Å². The molecule has 1 nitrogen and oxygen atoms in total. The van der Waals surface area contributed by atoms with Gasteiger partial charge in [0.1, 0.15) is 0 Å². The van der Waals surface area contributed by atoms with E-state index in [4.69, 9.17) is 0 Å². The van der Waals surface area contributed by atoms with E-state index in [0.29, 0.717) is 11.5 Å². The van der Waals surface area contributed by atoms with Crippen LogP contribution in [0, 0.1) is 12.3 Å². The van der Waals surface area contributed by atoms with Crippen molar-refractivity contribution in [3.8, 4) is 0 Å². The molecule has 0 aliphatic carbocycles. The lowest BCUT2D eigenvalue weighted by molar-refractivity contribution is 0.268. The van der Waals surface area contributed by atoms with Crippen molar-refractivity contribution in [2.75, 3.05) is 7.05 Å². The third-order valence-corrected chi connectivity index (χ3v) is 4.10. The summed E-state index contributed by atoms with van der Waals surface area (Å²) < 4.78 is 0. The van der Waals surface area contributed by atoms with Gasteiger partial charge in [-0.3, -0.25) is 0 Å². The lowest BCUT2D eigenvalue weighted by atomic mass is 9.84. The topological polar surface area (TPSA) is 12.0 Å². The first-order chi connectivity index (χ1) is 6.95. The van der Waals surface area contributed by atoms with Crippen LogP contribution in [-0.2, 0) is 6.42 Å². The van der Waals surface area contributed by atoms with Gasteiger partial charge in [-0.1, -0.05) is 20.8 Å². The number of hydrogen-bond acceptors (Lipinski definition) is 2. The number of aryl methyl sites for hydroxylation is 2. The number of nitrogens with one attached hydrogen (secondary N) is 1. The van der Waals surface area contributed by atoms with Gasteiger partial charge in [-0.25, -0.2) is 0 Å². The molecule has 15 heavy (non-hydrogen) atoms. The van der Waals surface area contributed by atoms with E-state index in [-0.39, 0.29) is 0 Å². The molecule has 0 aliphatic heterocycles. The zero-order valence-corrected chi connectivity index (χ0v) is 11.4. The Bertz CT molecular complexity index is 296. The Hall–Kier alpha value is -0.340. The monoisotopic (exact) mass is 225 g/mol. The van der Waals surface area contributed by atoms with E-state index in [1.807, 2.05) is 11.3 Å². The smallest absolute Gasteiger partial charge is 0.0116 e. The van der Waals surface area contributed by atoms with Crippen LogP contribution in [0.3, 0.4) is 0 Å². The maximum absolute atomic E-state index is 3.43. The molecule has 2 heteroatoms. The molecule has 1 aromatic rings. The van der Waals surface area contributed by atoms with E-state index in [0.717, 1.165) is 0 Å². The Morgan fingerprint density at radius 1 is 1.40 bits per heavy atom. The highest BCUT2D eigenvalue weighted by Gasteiger charge is 2.22. The molecule has 0 radical (unpaired) electrons. The minimum Gasteiger partial charge on any atom is -0.316 e. The summed E-state index contributed by atoms with van der Waals surface area (Å²) in [6, 6.07) is 2.81. The first kappa shape index (κ1) is 12.7. The molecule has 1 unspecified atom stereocenters. The first-order valence-electron chi connectivity index (χ1n) is 5.65. The molecular formula is C13H23NS. The van der Waals surface area contributed by atoms with Gasteiger partial charge in [0.2, 0.25) is 0 Å². The van der Waals surface area contributed by atoms with Crippen LogP contribution < -0.4 is 5.32 Å². The Morgan fingerprint density at radius 3 is 2.47 bits per heavy atom. The molecular weight excluding hydrogens is 202 g/mol. The molecule has 0 saturated heterocycles. The van der Waals surface area contributed by atoms with Crippen LogP contribution in [0.4, 0.5) is 0 Å². The van der Waals surface area contributed by atoms with Crippen molar-refractivity contribution in [3.05, 3.63) is 21.9 Å². The second-order valence-corrected chi connectivity index (χ2v) is 6.27. The lowest BCUT2D eigenvalue weighted by Crippen LogP contribution is -2.38. The molecule has 0 aromatic carbocycles. The molecule has 86 valence electrons. The molecule has 1 atom stereocenters. The third kappa shape index (κ3) is 3.62. The normalized spacial score (nSPS) is 14.2. The first-order valence-corrected chi connectivity index (χ1v) is 6.53. The Kier molecular flexibility index (Phi) is 4.35. The van der Waals surface area contributed by atoms with Gasteiger partial charge in [0.15, 0.2) is 0 Å². The van der Waals surface area contributed by atoms with Crippen LogP contribution in [0.1, 0.15) is 37.6 Å². The minimum absolute atomic E-state index is 0.347. The van der Waals surface area contributed by atoms with Gasteiger partial charge >= 0.3 is 0 Å². The van der Waals surface area contributed by atoms with Crippen molar-refractivity contribution in [1.82, 2.24) is 5.32 Å². The number of thiophene rings is 1. The maximum atomic E-state index is 3.43. The van der Waals surface area contributed by atoms with Crippen molar-refractivity contribution in [2.24, 2.45) is 5.41 Å². The van der Waals surface area contributed by atoms with Crippen molar-refractivity contribution < 1.29 is 0 Å². The summed E-state index contributed by atoms with van der Waals surface area (Å²) in [6.07, 6.45) is 2.42. The van der Waals surface area contributed by atoms with Gasteiger partial charge in [-0.2, -0.15) is 0 Å². The Morgan fingerprint density at radius 2 is 2.07 bits per heavy atom. The maximum Gasteiger partial charge on any atom is 0.0116 e. The van der Waals surface area contributed by atoms with Gasteiger partial charge in [0.05, 0.1) is 0 Å². The van der Waals surface area contributed by atoms with E-state index >= 15 is 0 Å². The van der Waals surface area contributed by atoms with E-state index in [1.165, 1.54) is 18.4 Å². The SMILES string of the molecule is CNC(CCc1sccc1C)C(C)(C)C. The summed E-state index contributed by atoms with van der Waals surface area (Å²) >= 11 is 1.88. The molecule has 0 spiro atoms. The standard InChI is InChI=1S/C13H23NS/c1-10-8-9-15-11(10)6-7-12(14-5)13(2,3)4/h8-9,12,14H,6-7H2,1-5H3.